The van der Waals surface area contributed by atoms with E-state index in [0.717, 1.165) is 27.4 Å². The second kappa shape index (κ2) is 9.67. The predicted octanol–water partition coefficient (Wildman–Crippen LogP) is 6.14. The van der Waals surface area contributed by atoms with Crippen LogP contribution in [0.3, 0.4) is 0 Å². The van der Waals surface area contributed by atoms with Crippen molar-refractivity contribution in [3.63, 3.8) is 0 Å². The highest BCUT2D eigenvalue weighted by atomic mass is 79.9. The van der Waals surface area contributed by atoms with E-state index in [1.165, 1.54) is 31.2 Å². The first-order valence-corrected chi connectivity index (χ1v) is 9.27. The van der Waals surface area contributed by atoms with Crippen molar-refractivity contribution in [3.05, 3.63) is 63.1 Å². The average Bonchev–Trinajstić information content (AvgIpc) is 3.07. The van der Waals surface area contributed by atoms with Crippen LogP contribution in [0.5, 0.6) is 5.75 Å². The lowest BCUT2D eigenvalue weighted by Crippen LogP contribution is -2.25. The molecule has 0 amide bonds. The molecule has 130 valence electrons. The minimum absolute atomic E-state index is 0. The Kier molecular flexibility index (Phi) is 7.89. The summed E-state index contributed by atoms with van der Waals surface area (Å²) in [5, 5.41) is 4.39. The van der Waals surface area contributed by atoms with Gasteiger partial charge in [0, 0.05) is 33.2 Å². The van der Waals surface area contributed by atoms with Crippen molar-refractivity contribution in [1.29, 1.82) is 0 Å². The van der Waals surface area contributed by atoms with Crippen LogP contribution >= 0.6 is 39.9 Å². The number of halogens is 3. The molecule has 2 aromatic carbocycles. The van der Waals surface area contributed by atoms with Crippen LogP contribution in [0, 0.1) is 0 Å². The predicted molar refractivity (Wildman–Crippen MR) is 106 cm³/mol. The largest absolute Gasteiger partial charge is 0.489 e. The molecule has 1 N–H and O–H groups in total. The smallest absolute Gasteiger partial charge is 0.124 e. The molecule has 0 atom stereocenters. The topological polar surface area (TPSA) is 21.3 Å². The van der Waals surface area contributed by atoms with Crippen LogP contribution in [0.2, 0.25) is 5.02 Å². The number of nitrogens with one attached hydrogen (secondary N) is 1. The van der Waals surface area contributed by atoms with E-state index >= 15 is 0 Å². The van der Waals surface area contributed by atoms with E-state index in [-0.39, 0.29) is 12.4 Å². The Morgan fingerprint density at radius 3 is 2.58 bits per heavy atom. The van der Waals surface area contributed by atoms with Gasteiger partial charge in [-0.1, -0.05) is 58.6 Å². The number of ether oxygens (including phenoxy) is 1. The summed E-state index contributed by atoms with van der Waals surface area (Å²) in [5.74, 6) is 0.915. The standard InChI is InChI=1S/C19H21BrClNO.ClH/c20-16-9-10-19(23-13-14-5-1-4-8-18(14)21)15(11-16)12-22-17-6-2-3-7-17;/h1,4-5,8-11,17,22H,2-3,6-7,12-13H2;1H. The van der Waals surface area contributed by atoms with Crippen molar-refractivity contribution in [2.24, 2.45) is 0 Å². The zero-order chi connectivity index (χ0) is 16.1. The normalized spacial score (nSPS) is 14.4. The first kappa shape index (κ1) is 19.6. The third-order valence-electron chi connectivity index (χ3n) is 4.30. The second-order valence-corrected chi connectivity index (χ2v) is 7.32. The van der Waals surface area contributed by atoms with Gasteiger partial charge >= 0.3 is 0 Å². The molecule has 2 aromatic rings. The Balaban J connectivity index is 0.00000208. The Morgan fingerprint density at radius 2 is 1.83 bits per heavy atom. The molecule has 24 heavy (non-hydrogen) atoms. The molecule has 1 aliphatic carbocycles. The molecule has 0 radical (unpaired) electrons. The highest BCUT2D eigenvalue weighted by Crippen LogP contribution is 2.26. The molecule has 0 unspecified atom stereocenters. The molecule has 0 spiro atoms. The van der Waals surface area contributed by atoms with Crippen molar-refractivity contribution in [1.82, 2.24) is 5.32 Å². The minimum atomic E-state index is 0. The summed E-state index contributed by atoms with van der Waals surface area (Å²) in [6, 6.07) is 14.6. The third kappa shape index (κ3) is 5.38. The maximum absolute atomic E-state index is 6.20. The molecule has 3 rings (SSSR count). The van der Waals surface area contributed by atoms with Crippen molar-refractivity contribution in [2.45, 2.75) is 44.9 Å². The summed E-state index contributed by atoms with van der Waals surface area (Å²) < 4.78 is 7.10. The van der Waals surface area contributed by atoms with Gasteiger partial charge in [0.2, 0.25) is 0 Å². The zero-order valence-corrected chi connectivity index (χ0v) is 16.6. The van der Waals surface area contributed by atoms with E-state index in [2.05, 4.69) is 27.3 Å². The Bertz CT molecular complexity index is 660. The van der Waals surface area contributed by atoms with Crippen LogP contribution < -0.4 is 10.1 Å². The van der Waals surface area contributed by atoms with Gasteiger partial charge in [-0.3, -0.25) is 0 Å². The van der Waals surface area contributed by atoms with Gasteiger partial charge < -0.3 is 10.1 Å². The van der Waals surface area contributed by atoms with Crippen molar-refractivity contribution in [2.75, 3.05) is 0 Å². The number of rotatable bonds is 6. The average molecular weight is 431 g/mol. The van der Waals surface area contributed by atoms with E-state index in [0.29, 0.717) is 12.6 Å². The fourth-order valence-corrected chi connectivity index (χ4v) is 3.58. The molecule has 1 aliphatic rings. The molecule has 0 heterocycles. The first-order chi connectivity index (χ1) is 11.2. The highest BCUT2D eigenvalue weighted by molar-refractivity contribution is 9.10. The van der Waals surface area contributed by atoms with Gasteiger partial charge in [0.1, 0.15) is 12.4 Å². The van der Waals surface area contributed by atoms with Crippen LogP contribution in [0.4, 0.5) is 0 Å². The molecule has 0 saturated heterocycles. The van der Waals surface area contributed by atoms with Crippen molar-refractivity contribution in [3.8, 4) is 5.75 Å². The number of benzene rings is 2. The van der Waals surface area contributed by atoms with Crippen LogP contribution in [0.1, 0.15) is 36.8 Å². The van der Waals surface area contributed by atoms with Crippen LogP contribution in [0.15, 0.2) is 46.9 Å². The Morgan fingerprint density at radius 1 is 1.08 bits per heavy atom. The summed E-state index contributed by atoms with van der Waals surface area (Å²) in [6.45, 7) is 1.32. The van der Waals surface area contributed by atoms with E-state index in [4.69, 9.17) is 16.3 Å². The lowest BCUT2D eigenvalue weighted by molar-refractivity contribution is 0.301. The lowest BCUT2D eigenvalue weighted by atomic mass is 10.1. The van der Waals surface area contributed by atoms with Gasteiger partial charge in [-0.05, 0) is 37.1 Å². The van der Waals surface area contributed by atoms with Gasteiger partial charge in [-0.2, -0.15) is 0 Å². The SMILES string of the molecule is Cl.Clc1ccccc1COc1ccc(Br)cc1CNC1CCCC1. The Hall–Kier alpha value is -0.740. The quantitative estimate of drug-likeness (QED) is 0.594. The number of hydrogen-bond donors (Lipinski definition) is 1. The maximum Gasteiger partial charge on any atom is 0.124 e. The van der Waals surface area contributed by atoms with Crippen LogP contribution in [-0.4, -0.2) is 6.04 Å². The summed E-state index contributed by atoms with van der Waals surface area (Å²) >= 11 is 9.76. The Labute approximate surface area is 163 Å². The van der Waals surface area contributed by atoms with Crippen LogP contribution in [0.25, 0.3) is 0 Å². The minimum Gasteiger partial charge on any atom is -0.489 e. The molecule has 2 nitrogen and oxygen atoms in total. The first-order valence-electron chi connectivity index (χ1n) is 8.10. The van der Waals surface area contributed by atoms with E-state index in [1.54, 1.807) is 0 Å². The summed E-state index contributed by atoms with van der Waals surface area (Å²) in [6.07, 6.45) is 5.24. The van der Waals surface area contributed by atoms with E-state index in [1.807, 2.05) is 36.4 Å². The second-order valence-electron chi connectivity index (χ2n) is 5.99. The maximum atomic E-state index is 6.20. The third-order valence-corrected chi connectivity index (χ3v) is 5.16. The lowest BCUT2D eigenvalue weighted by Gasteiger charge is -2.16. The van der Waals surface area contributed by atoms with Gasteiger partial charge in [0.15, 0.2) is 0 Å². The molecule has 0 aromatic heterocycles. The van der Waals surface area contributed by atoms with Gasteiger partial charge in [0.05, 0.1) is 0 Å². The molecule has 1 saturated carbocycles. The summed E-state index contributed by atoms with van der Waals surface area (Å²) in [5.41, 5.74) is 2.19. The highest BCUT2D eigenvalue weighted by Gasteiger charge is 2.15. The van der Waals surface area contributed by atoms with Crippen LogP contribution in [-0.2, 0) is 13.2 Å². The molecule has 0 bridgehead atoms. The fraction of sp³-hybridized carbons (Fsp3) is 0.368. The van der Waals surface area contributed by atoms with Gasteiger partial charge in [-0.15, -0.1) is 12.4 Å². The summed E-state index contributed by atoms with van der Waals surface area (Å²) in [7, 11) is 0. The molecular weight excluding hydrogens is 409 g/mol. The van der Waals surface area contributed by atoms with E-state index in [9.17, 15) is 0 Å². The fourth-order valence-electron chi connectivity index (χ4n) is 2.98. The van der Waals surface area contributed by atoms with Crippen molar-refractivity contribution >= 4 is 39.9 Å². The van der Waals surface area contributed by atoms with Gasteiger partial charge in [-0.25, -0.2) is 0 Å². The molecule has 5 heteroatoms. The van der Waals surface area contributed by atoms with Crippen molar-refractivity contribution < 1.29 is 4.74 Å². The monoisotopic (exact) mass is 429 g/mol. The van der Waals surface area contributed by atoms with E-state index < -0.39 is 0 Å². The van der Waals surface area contributed by atoms with Gasteiger partial charge in [0.25, 0.3) is 0 Å². The summed E-state index contributed by atoms with van der Waals surface area (Å²) in [4.78, 5) is 0. The molecule has 0 aliphatic heterocycles. The molecular formula is C19H22BrCl2NO. The zero-order valence-electron chi connectivity index (χ0n) is 13.4. The molecule has 1 fully saturated rings. The number of hydrogen-bond acceptors (Lipinski definition) is 2.